The average molecular weight is 571 g/mol. The maximum Gasteiger partial charge on any atom is 0.280 e. The Labute approximate surface area is 232 Å². The fourth-order valence-corrected chi connectivity index (χ4v) is 5.89. The predicted octanol–water partition coefficient (Wildman–Crippen LogP) is 2.76. The van der Waals surface area contributed by atoms with Gasteiger partial charge in [0.1, 0.15) is 5.75 Å². The first-order chi connectivity index (χ1) is 17.2. The van der Waals surface area contributed by atoms with Crippen molar-refractivity contribution in [1.29, 1.82) is 0 Å². The van der Waals surface area contributed by atoms with Gasteiger partial charge in [-0.25, -0.2) is 4.98 Å². The Hall–Kier alpha value is -2.40. The van der Waals surface area contributed by atoms with Crippen LogP contribution in [0.5, 0.6) is 5.75 Å². The van der Waals surface area contributed by atoms with E-state index in [-0.39, 0.29) is 48.7 Å². The third-order valence-corrected chi connectivity index (χ3v) is 7.94. The zero-order chi connectivity index (χ0) is 25.8. The summed E-state index contributed by atoms with van der Waals surface area (Å²) in [7, 11) is 5.51. The SMILES string of the molecule is CN1CCc2nc(C(=O)N[C@@H]3C[C@@H](C(=O)N(C)C)CC[C@@H]3NC(=O)COc3ccc(Cl)cc3)sc2C1.Cl. The van der Waals surface area contributed by atoms with Crippen LogP contribution in [0, 0.1) is 5.92 Å². The highest BCUT2D eigenvalue weighted by atomic mass is 35.5. The normalized spacial score (nSPS) is 21.2. The number of carbonyl (C=O) groups excluding carboxylic acids is 3. The second kappa shape index (κ2) is 12.9. The molecule has 2 aliphatic rings. The zero-order valence-corrected chi connectivity index (χ0v) is 23.5. The van der Waals surface area contributed by atoms with Crippen molar-refractivity contribution >= 4 is 53.1 Å². The highest BCUT2D eigenvalue weighted by molar-refractivity contribution is 7.13. The summed E-state index contributed by atoms with van der Waals surface area (Å²) in [5.74, 6) is -0.214. The molecule has 3 amide bonds. The van der Waals surface area contributed by atoms with Crippen LogP contribution >= 0.6 is 35.3 Å². The van der Waals surface area contributed by atoms with Crippen LogP contribution in [-0.4, -0.2) is 78.9 Å². The number of carbonyl (C=O) groups is 3. The van der Waals surface area contributed by atoms with E-state index in [0.29, 0.717) is 35.0 Å². The van der Waals surface area contributed by atoms with Gasteiger partial charge in [0, 0.05) is 55.5 Å². The Morgan fingerprint density at radius 3 is 2.59 bits per heavy atom. The minimum Gasteiger partial charge on any atom is -0.484 e. The first-order valence-corrected chi connectivity index (χ1v) is 13.3. The molecule has 2 aromatic rings. The van der Waals surface area contributed by atoms with E-state index in [9.17, 15) is 14.4 Å². The first-order valence-electron chi connectivity index (χ1n) is 12.1. The molecule has 12 heteroatoms. The number of likely N-dealkylation sites (N-methyl/N-ethyl adjacent to an activating group) is 1. The van der Waals surface area contributed by atoms with Crippen LogP contribution in [0.25, 0.3) is 0 Å². The summed E-state index contributed by atoms with van der Waals surface area (Å²) in [5.41, 5.74) is 0.983. The molecule has 0 spiro atoms. The van der Waals surface area contributed by atoms with Crippen LogP contribution in [0.15, 0.2) is 24.3 Å². The second-order valence-electron chi connectivity index (χ2n) is 9.62. The van der Waals surface area contributed by atoms with E-state index >= 15 is 0 Å². The molecule has 0 saturated heterocycles. The van der Waals surface area contributed by atoms with E-state index in [1.54, 1.807) is 43.3 Å². The lowest BCUT2D eigenvalue weighted by Gasteiger charge is -2.37. The van der Waals surface area contributed by atoms with Crippen molar-refractivity contribution in [3.8, 4) is 5.75 Å². The van der Waals surface area contributed by atoms with Gasteiger partial charge in [-0.15, -0.1) is 23.7 Å². The molecule has 1 fully saturated rings. The Bertz CT molecular complexity index is 1110. The molecule has 2 heterocycles. The molecule has 9 nitrogen and oxygen atoms in total. The number of benzene rings is 1. The number of aromatic nitrogens is 1. The quantitative estimate of drug-likeness (QED) is 0.531. The number of nitrogens with zero attached hydrogens (tertiary/aromatic N) is 3. The third kappa shape index (κ3) is 7.56. The number of hydrogen-bond acceptors (Lipinski definition) is 7. The number of fused-ring (bicyclic) bond motifs is 1. The summed E-state index contributed by atoms with van der Waals surface area (Å²) < 4.78 is 5.56. The molecular weight excluding hydrogens is 537 g/mol. The maximum atomic E-state index is 13.2. The van der Waals surface area contributed by atoms with Crippen molar-refractivity contribution in [3.63, 3.8) is 0 Å². The van der Waals surface area contributed by atoms with Crippen molar-refractivity contribution < 1.29 is 19.1 Å². The number of rotatable bonds is 7. The Morgan fingerprint density at radius 1 is 1.16 bits per heavy atom. The Balaban J connectivity index is 0.00000380. The lowest BCUT2D eigenvalue weighted by molar-refractivity contribution is -0.134. The molecule has 2 N–H and O–H groups in total. The molecule has 1 aromatic carbocycles. The van der Waals surface area contributed by atoms with Gasteiger partial charge in [-0.1, -0.05) is 11.6 Å². The van der Waals surface area contributed by atoms with Crippen molar-refractivity contribution in [2.45, 2.75) is 44.3 Å². The van der Waals surface area contributed by atoms with Gasteiger partial charge in [0.2, 0.25) is 5.91 Å². The van der Waals surface area contributed by atoms with Gasteiger partial charge in [0.05, 0.1) is 11.7 Å². The number of thiazole rings is 1. The number of halogens is 2. The summed E-state index contributed by atoms with van der Waals surface area (Å²) in [6.45, 7) is 1.54. The van der Waals surface area contributed by atoms with Gasteiger partial charge in [-0.2, -0.15) is 0 Å². The van der Waals surface area contributed by atoms with Crippen LogP contribution < -0.4 is 15.4 Å². The smallest absolute Gasteiger partial charge is 0.280 e. The van der Waals surface area contributed by atoms with Crippen LogP contribution in [0.3, 0.4) is 0 Å². The monoisotopic (exact) mass is 569 g/mol. The number of amides is 3. The summed E-state index contributed by atoms with van der Waals surface area (Å²) in [4.78, 5) is 48.0. The molecule has 0 radical (unpaired) electrons. The molecular formula is C25H33Cl2N5O4S. The van der Waals surface area contributed by atoms with Gasteiger partial charge in [-0.3, -0.25) is 14.4 Å². The predicted molar refractivity (Wildman–Crippen MR) is 146 cm³/mol. The minimum absolute atomic E-state index is 0. The summed E-state index contributed by atoms with van der Waals surface area (Å²) >= 11 is 7.31. The molecule has 4 rings (SSSR count). The molecule has 202 valence electrons. The Kier molecular flexibility index (Phi) is 10.2. The van der Waals surface area contributed by atoms with E-state index < -0.39 is 6.04 Å². The molecule has 37 heavy (non-hydrogen) atoms. The average Bonchev–Trinajstić information content (AvgIpc) is 3.27. The fraction of sp³-hybridized carbons (Fsp3) is 0.520. The molecule has 1 saturated carbocycles. The van der Waals surface area contributed by atoms with Crippen LogP contribution in [0.4, 0.5) is 0 Å². The van der Waals surface area contributed by atoms with E-state index in [2.05, 4.69) is 27.6 Å². The molecule has 1 aromatic heterocycles. The van der Waals surface area contributed by atoms with E-state index in [4.69, 9.17) is 16.3 Å². The summed E-state index contributed by atoms with van der Waals surface area (Å²) in [5, 5.41) is 7.08. The Morgan fingerprint density at radius 2 is 1.89 bits per heavy atom. The van der Waals surface area contributed by atoms with Gasteiger partial charge < -0.3 is 25.2 Å². The van der Waals surface area contributed by atoms with E-state index in [1.165, 1.54) is 11.3 Å². The topological polar surface area (TPSA) is 104 Å². The summed E-state index contributed by atoms with van der Waals surface area (Å²) in [6.07, 6.45) is 2.47. The lowest BCUT2D eigenvalue weighted by Crippen LogP contribution is -2.56. The maximum absolute atomic E-state index is 13.2. The number of ether oxygens (including phenoxy) is 1. The first kappa shape index (κ1) is 29.2. The molecule has 3 atom stereocenters. The van der Waals surface area contributed by atoms with Crippen molar-refractivity contribution in [2.75, 3.05) is 34.3 Å². The largest absolute Gasteiger partial charge is 0.484 e. The molecule has 1 aliphatic carbocycles. The number of hydrogen-bond donors (Lipinski definition) is 2. The molecule has 1 aliphatic heterocycles. The van der Waals surface area contributed by atoms with Crippen molar-refractivity contribution in [2.24, 2.45) is 5.92 Å². The summed E-state index contributed by atoms with van der Waals surface area (Å²) in [6, 6.07) is 6.06. The fourth-order valence-electron chi connectivity index (χ4n) is 4.67. The lowest BCUT2D eigenvalue weighted by atomic mass is 9.81. The molecule has 0 bridgehead atoms. The van der Waals surface area contributed by atoms with Gasteiger partial charge >= 0.3 is 0 Å². The standard InChI is InChI=1S/C25H32ClN5O4S.ClH/c1-30(2)25(34)15-4-9-18(27-22(32)14-35-17-7-5-16(26)6-8-17)20(12-15)28-23(33)24-29-19-10-11-31(3)13-21(19)36-24;/h5-8,15,18,20H,4,9-14H2,1-3H3,(H,27,32)(H,28,33);1H/t15-,18-,20+;/m0./s1. The third-order valence-electron chi connectivity index (χ3n) is 6.60. The van der Waals surface area contributed by atoms with Crippen LogP contribution in [0.2, 0.25) is 5.02 Å². The number of nitrogens with one attached hydrogen (secondary N) is 2. The minimum atomic E-state index is -0.400. The van der Waals surface area contributed by atoms with Crippen molar-refractivity contribution in [1.82, 2.24) is 25.4 Å². The van der Waals surface area contributed by atoms with Gasteiger partial charge in [-0.05, 0) is 50.6 Å². The molecule has 0 unspecified atom stereocenters. The van der Waals surface area contributed by atoms with Crippen molar-refractivity contribution in [3.05, 3.63) is 44.9 Å². The van der Waals surface area contributed by atoms with Gasteiger partial charge in [0.15, 0.2) is 11.6 Å². The highest BCUT2D eigenvalue weighted by Crippen LogP contribution is 2.28. The highest BCUT2D eigenvalue weighted by Gasteiger charge is 2.37. The van der Waals surface area contributed by atoms with Crippen LogP contribution in [-0.2, 0) is 22.6 Å². The zero-order valence-electron chi connectivity index (χ0n) is 21.2. The van der Waals surface area contributed by atoms with E-state index in [0.717, 1.165) is 30.1 Å². The van der Waals surface area contributed by atoms with Gasteiger partial charge in [0.25, 0.3) is 11.8 Å². The van der Waals surface area contributed by atoms with Crippen LogP contribution in [0.1, 0.15) is 39.6 Å². The second-order valence-corrected chi connectivity index (χ2v) is 11.1. The van der Waals surface area contributed by atoms with E-state index in [1.807, 2.05) is 0 Å².